The lowest BCUT2D eigenvalue weighted by Gasteiger charge is -1.98. The van der Waals surface area contributed by atoms with Crippen molar-refractivity contribution in [2.24, 2.45) is 0 Å². The van der Waals surface area contributed by atoms with Crippen LogP contribution in [-0.2, 0) is 0 Å². The van der Waals surface area contributed by atoms with E-state index in [1.807, 2.05) is 36.4 Å². The first-order valence-electron chi connectivity index (χ1n) is 6.90. The Kier molecular flexibility index (Phi) is 7.20. The number of allylic oxidation sites excluding steroid dienone is 7. The van der Waals surface area contributed by atoms with Crippen LogP contribution in [0.1, 0.15) is 32.8 Å². The van der Waals surface area contributed by atoms with E-state index in [2.05, 4.69) is 45.1 Å². The lowest BCUT2D eigenvalue weighted by molar-refractivity contribution is 0.415. The van der Waals surface area contributed by atoms with Gasteiger partial charge in [-0.3, -0.25) is 0 Å². The van der Waals surface area contributed by atoms with Crippen molar-refractivity contribution in [2.75, 3.05) is 7.11 Å². The van der Waals surface area contributed by atoms with E-state index in [9.17, 15) is 0 Å². The van der Waals surface area contributed by atoms with E-state index in [1.165, 1.54) is 16.7 Å². The molecule has 0 radical (unpaired) electrons. The predicted octanol–water partition coefficient (Wildman–Crippen LogP) is 5.57. The second-order valence-corrected chi connectivity index (χ2v) is 4.93. The fourth-order valence-corrected chi connectivity index (χ4v) is 1.54. The van der Waals surface area contributed by atoms with Gasteiger partial charge in [0, 0.05) is 0 Å². The van der Waals surface area contributed by atoms with Crippen molar-refractivity contribution >= 4 is 6.08 Å². The number of hydrogen-bond donors (Lipinski definition) is 0. The highest BCUT2D eigenvalue weighted by Crippen LogP contribution is 2.12. The Hall–Kier alpha value is -2.02. The summed E-state index contributed by atoms with van der Waals surface area (Å²) in [6.45, 7) is 6.47. The molecule has 0 aromatic heterocycles. The molecule has 106 valence electrons. The van der Waals surface area contributed by atoms with Crippen LogP contribution in [0.2, 0.25) is 0 Å². The van der Waals surface area contributed by atoms with Crippen molar-refractivity contribution in [1.29, 1.82) is 0 Å². The predicted molar refractivity (Wildman–Crippen MR) is 89.0 cm³/mol. The van der Waals surface area contributed by atoms with Crippen LogP contribution in [0.3, 0.4) is 0 Å². The number of hydrogen-bond acceptors (Lipinski definition) is 1. The van der Waals surface area contributed by atoms with Gasteiger partial charge in [0.15, 0.2) is 0 Å². The Morgan fingerprint density at radius 3 is 2.20 bits per heavy atom. The molecule has 0 unspecified atom stereocenters. The molecule has 1 aromatic carbocycles. The second-order valence-electron chi connectivity index (χ2n) is 4.93. The minimum absolute atomic E-state index is 0.885. The summed E-state index contributed by atoms with van der Waals surface area (Å²) >= 11 is 0. The summed E-state index contributed by atoms with van der Waals surface area (Å²) < 4.78 is 5.12. The summed E-state index contributed by atoms with van der Waals surface area (Å²) in [7, 11) is 1.68. The van der Waals surface area contributed by atoms with Crippen LogP contribution < -0.4 is 4.74 Å². The van der Waals surface area contributed by atoms with E-state index in [-0.39, 0.29) is 0 Å². The molecule has 0 spiro atoms. The molecule has 20 heavy (non-hydrogen) atoms. The van der Waals surface area contributed by atoms with E-state index in [0.717, 1.165) is 12.2 Å². The van der Waals surface area contributed by atoms with Crippen molar-refractivity contribution in [3.05, 3.63) is 71.4 Å². The standard InChI is InChI=1S/C19H24O/c1-16(2)17(3)10-8-6-5-7-9-11-18-12-14-19(20-4)15-13-18/h5-9,11-15H,10H2,1-4H3/b7-5+,8-6+,11-9+. The Balaban J connectivity index is 2.42. The fourth-order valence-electron chi connectivity index (χ4n) is 1.54. The molecule has 0 saturated heterocycles. The molecule has 0 heterocycles. The molecule has 0 bridgehead atoms. The van der Waals surface area contributed by atoms with Gasteiger partial charge < -0.3 is 4.74 Å². The zero-order valence-electron chi connectivity index (χ0n) is 12.9. The molecule has 0 amide bonds. The Bertz CT molecular complexity index is 509. The van der Waals surface area contributed by atoms with Gasteiger partial charge in [-0.25, -0.2) is 0 Å². The van der Waals surface area contributed by atoms with Crippen molar-refractivity contribution in [2.45, 2.75) is 27.2 Å². The van der Waals surface area contributed by atoms with Crippen molar-refractivity contribution < 1.29 is 4.74 Å². The molecule has 1 heteroatoms. The van der Waals surface area contributed by atoms with Gasteiger partial charge in [-0.15, -0.1) is 0 Å². The highest BCUT2D eigenvalue weighted by molar-refractivity contribution is 5.52. The van der Waals surface area contributed by atoms with E-state index in [1.54, 1.807) is 7.11 Å². The lowest BCUT2D eigenvalue weighted by Crippen LogP contribution is -1.81. The molecule has 0 fully saturated rings. The molecule has 0 N–H and O–H groups in total. The van der Waals surface area contributed by atoms with Crippen LogP contribution >= 0.6 is 0 Å². The molecule has 1 nitrogen and oxygen atoms in total. The molecule has 1 rings (SSSR count). The molecule has 0 aliphatic rings. The number of rotatable bonds is 6. The first kappa shape index (κ1) is 16.0. The van der Waals surface area contributed by atoms with Crippen LogP contribution in [0, 0.1) is 0 Å². The van der Waals surface area contributed by atoms with Gasteiger partial charge in [0.25, 0.3) is 0 Å². The van der Waals surface area contributed by atoms with Crippen LogP contribution in [0.15, 0.2) is 65.8 Å². The molecule has 0 aliphatic heterocycles. The highest BCUT2D eigenvalue weighted by atomic mass is 16.5. The van der Waals surface area contributed by atoms with Gasteiger partial charge >= 0.3 is 0 Å². The van der Waals surface area contributed by atoms with Crippen molar-refractivity contribution in [1.82, 2.24) is 0 Å². The third-order valence-electron chi connectivity index (χ3n) is 3.15. The minimum atomic E-state index is 0.885. The van der Waals surface area contributed by atoms with E-state index in [0.29, 0.717) is 0 Å². The molecule has 0 aliphatic carbocycles. The van der Waals surface area contributed by atoms with E-state index < -0.39 is 0 Å². The Labute approximate surface area is 123 Å². The molecular weight excluding hydrogens is 244 g/mol. The van der Waals surface area contributed by atoms with Crippen LogP contribution in [0.25, 0.3) is 6.08 Å². The van der Waals surface area contributed by atoms with Crippen molar-refractivity contribution in [3.63, 3.8) is 0 Å². The summed E-state index contributed by atoms with van der Waals surface area (Å²) in [5.41, 5.74) is 4.00. The van der Waals surface area contributed by atoms with E-state index >= 15 is 0 Å². The Morgan fingerprint density at radius 2 is 1.60 bits per heavy atom. The fraction of sp³-hybridized carbons (Fsp3) is 0.263. The van der Waals surface area contributed by atoms with E-state index in [4.69, 9.17) is 4.74 Å². The maximum Gasteiger partial charge on any atom is 0.118 e. The van der Waals surface area contributed by atoms with Gasteiger partial charge in [0.1, 0.15) is 5.75 Å². The number of ether oxygens (including phenoxy) is 1. The monoisotopic (exact) mass is 268 g/mol. The zero-order chi connectivity index (χ0) is 14.8. The second kappa shape index (κ2) is 8.98. The van der Waals surface area contributed by atoms with Gasteiger partial charge in [-0.2, -0.15) is 0 Å². The normalized spacial score (nSPS) is 11.6. The SMILES string of the molecule is COc1ccc(/C=C/C=C/C=C/CC(C)=C(C)C)cc1. The van der Waals surface area contributed by atoms with Crippen LogP contribution in [0.5, 0.6) is 5.75 Å². The average Bonchev–Trinajstić information content (AvgIpc) is 2.46. The first-order valence-corrected chi connectivity index (χ1v) is 6.90. The smallest absolute Gasteiger partial charge is 0.118 e. The summed E-state index contributed by atoms with van der Waals surface area (Å²) in [5.74, 6) is 0.885. The van der Waals surface area contributed by atoms with Crippen molar-refractivity contribution in [3.8, 4) is 5.75 Å². The number of benzene rings is 1. The zero-order valence-corrected chi connectivity index (χ0v) is 12.9. The summed E-state index contributed by atoms with van der Waals surface area (Å²) in [5, 5.41) is 0. The molecule has 0 atom stereocenters. The molecule has 1 aromatic rings. The quantitative estimate of drug-likeness (QED) is 0.484. The average molecular weight is 268 g/mol. The van der Waals surface area contributed by atoms with Crippen LogP contribution in [-0.4, -0.2) is 7.11 Å². The van der Waals surface area contributed by atoms with Gasteiger partial charge in [-0.1, -0.05) is 59.7 Å². The maximum atomic E-state index is 5.12. The summed E-state index contributed by atoms with van der Waals surface area (Å²) in [6, 6.07) is 8.01. The highest BCUT2D eigenvalue weighted by Gasteiger charge is 1.88. The molecule has 0 saturated carbocycles. The third-order valence-corrected chi connectivity index (χ3v) is 3.15. The topological polar surface area (TPSA) is 9.23 Å². The Morgan fingerprint density at radius 1 is 0.950 bits per heavy atom. The van der Waals surface area contributed by atoms with Gasteiger partial charge in [-0.05, 0) is 44.9 Å². The van der Waals surface area contributed by atoms with Crippen LogP contribution in [0.4, 0.5) is 0 Å². The van der Waals surface area contributed by atoms with Gasteiger partial charge in [0.2, 0.25) is 0 Å². The van der Waals surface area contributed by atoms with Gasteiger partial charge in [0.05, 0.1) is 7.11 Å². The first-order chi connectivity index (χ1) is 9.63. The summed E-state index contributed by atoms with van der Waals surface area (Å²) in [4.78, 5) is 0. The summed E-state index contributed by atoms with van der Waals surface area (Å²) in [6.07, 6.45) is 13.5. The number of methoxy groups -OCH3 is 1. The molecular formula is C19H24O. The lowest BCUT2D eigenvalue weighted by atomic mass is 10.1. The third kappa shape index (κ3) is 6.24. The largest absolute Gasteiger partial charge is 0.497 e. The maximum absolute atomic E-state index is 5.12. The minimum Gasteiger partial charge on any atom is -0.497 e.